The number of rotatable bonds is 6. The van der Waals surface area contributed by atoms with E-state index in [1.807, 2.05) is 4.90 Å². The minimum Gasteiger partial charge on any atom is -0.442 e. The molecule has 0 aromatic heterocycles. The van der Waals surface area contributed by atoms with Crippen LogP contribution in [0.4, 0.5) is 20.6 Å². The predicted octanol–water partition coefficient (Wildman–Crippen LogP) is 1.08. The topological polar surface area (TPSA) is 99.3 Å². The van der Waals surface area contributed by atoms with Gasteiger partial charge in [0.25, 0.3) is 0 Å². The number of benzene rings is 1. The molecule has 0 bridgehead atoms. The second-order valence-corrected chi connectivity index (χ2v) is 7.45. The fourth-order valence-corrected chi connectivity index (χ4v) is 3.48. The summed E-state index contributed by atoms with van der Waals surface area (Å²) in [5.41, 5.74) is 0.761. The van der Waals surface area contributed by atoms with Crippen molar-refractivity contribution in [3.8, 4) is 0 Å². The number of ether oxygens (including phenoxy) is 1. The van der Waals surface area contributed by atoms with Gasteiger partial charge < -0.3 is 19.9 Å². The molecule has 166 valence electrons. The smallest absolute Gasteiger partial charge is 0.414 e. The third-order valence-corrected chi connectivity index (χ3v) is 5.09. The maximum absolute atomic E-state index is 14.8. The normalized spacial score (nSPS) is 19.0. The molecule has 0 radical (unpaired) electrons. The van der Waals surface area contributed by atoms with Gasteiger partial charge in [-0.05, 0) is 31.2 Å². The molecule has 3 rings (SSSR count). The molecule has 0 aliphatic carbocycles. The predicted molar refractivity (Wildman–Crippen MR) is 111 cm³/mol. The fraction of sp³-hybridized carbons (Fsp3) is 0.429. The van der Waals surface area contributed by atoms with E-state index in [1.54, 1.807) is 17.0 Å². The van der Waals surface area contributed by atoms with Crippen molar-refractivity contribution in [1.82, 2.24) is 10.2 Å². The highest BCUT2D eigenvalue weighted by Crippen LogP contribution is 2.28. The molecule has 2 aliphatic rings. The van der Waals surface area contributed by atoms with E-state index in [9.17, 15) is 23.6 Å². The van der Waals surface area contributed by atoms with Crippen LogP contribution in [0, 0.1) is 5.82 Å². The van der Waals surface area contributed by atoms with Crippen LogP contribution in [0.5, 0.6) is 0 Å². The molecule has 2 fully saturated rings. The number of nitrogens with zero attached hydrogens (tertiary/aromatic N) is 3. The lowest BCUT2D eigenvalue weighted by molar-refractivity contribution is -0.126. The summed E-state index contributed by atoms with van der Waals surface area (Å²) in [4.78, 5) is 51.0. The van der Waals surface area contributed by atoms with Gasteiger partial charge in [0.1, 0.15) is 11.9 Å². The third-order valence-electron chi connectivity index (χ3n) is 5.09. The van der Waals surface area contributed by atoms with Crippen LogP contribution in [0.3, 0.4) is 0 Å². The molecule has 1 aromatic carbocycles. The Morgan fingerprint density at radius 3 is 2.48 bits per heavy atom. The van der Waals surface area contributed by atoms with E-state index in [2.05, 4.69) is 5.32 Å². The number of anilines is 2. The Morgan fingerprint density at radius 2 is 1.87 bits per heavy atom. The van der Waals surface area contributed by atoms with E-state index in [-0.39, 0.29) is 30.7 Å². The van der Waals surface area contributed by atoms with Crippen molar-refractivity contribution in [2.24, 2.45) is 0 Å². The Balaban J connectivity index is 1.60. The highest BCUT2D eigenvalue weighted by molar-refractivity contribution is 5.96. The summed E-state index contributed by atoms with van der Waals surface area (Å²) in [5.74, 6) is -1.14. The number of carbonyl (C=O) groups is 4. The molecule has 0 unspecified atom stereocenters. The van der Waals surface area contributed by atoms with E-state index in [1.165, 1.54) is 37.0 Å². The minimum atomic E-state index is -0.590. The van der Waals surface area contributed by atoms with Gasteiger partial charge in [0.15, 0.2) is 5.78 Å². The summed E-state index contributed by atoms with van der Waals surface area (Å²) in [6.07, 6.45) is 1.40. The first-order valence-corrected chi connectivity index (χ1v) is 9.99. The summed E-state index contributed by atoms with van der Waals surface area (Å²) < 4.78 is 20.0. The monoisotopic (exact) mass is 432 g/mol. The number of nitrogens with one attached hydrogen (secondary N) is 1. The summed E-state index contributed by atoms with van der Waals surface area (Å²) in [7, 11) is 0. The number of piperazine rings is 1. The molecule has 1 atom stereocenters. The molecule has 2 aliphatic heterocycles. The number of amides is 3. The Morgan fingerprint density at radius 1 is 1.16 bits per heavy atom. The number of allylic oxidation sites excluding steroid dienone is 1. The maximum atomic E-state index is 14.8. The molecule has 1 N–H and O–H groups in total. The van der Waals surface area contributed by atoms with Gasteiger partial charge in [0, 0.05) is 39.2 Å². The van der Waals surface area contributed by atoms with Crippen molar-refractivity contribution >= 4 is 35.1 Å². The average Bonchev–Trinajstić information content (AvgIpc) is 3.11. The number of hydrogen-bond donors (Lipinski definition) is 1. The first-order valence-electron chi connectivity index (χ1n) is 9.99. The number of cyclic esters (lactones) is 1. The standard InChI is InChI=1S/C21H25FN4O5/c1-14(27)3-6-20(29)25-9-7-24(8-10-25)19-5-4-16(11-18(19)22)26-13-17(31-21(26)30)12-23-15(2)28/h3-6,11,17H,7-10,12-13H2,1-2H3,(H,23,28)/b6-3+/t17-/m0/s1. The van der Waals surface area contributed by atoms with Gasteiger partial charge in [0.2, 0.25) is 11.8 Å². The fourth-order valence-electron chi connectivity index (χ4n) is 3.48. The highest BCUT2D eigenvalue weighted by Gasteiger charge is 2.33. The third kappa shape index (κ3) is 5.59. The van der Waals surface area contributed by atoms with Crippen molar-refractivity contribution in [2.75, 3.05) is 49.1 Å². The molecule has 0 saturated carbocycles. The lowest BCUT2D eigenvalue weighted by atomic mass is 10.2. The molecule has 31 heavy (non-hydrogen) atoms. The van der Waals surface area contributed by atoms with Crippen LogP contribution in [-0.4, -0.2) is 74.0 Å². The van der Waals surface area contributed by atoms with E-state index >= 15 is 0 Å². The van der Waals surface area contributed by atoms with E-state index in [4.69, 9.17) is 4.74 Å². The molecule has 3 amide bonds. The van der Waals surface area contributed by atoms with Gasteiger partial charge >= 0.3 is 6.09 Å². The second kappa shape index (κ2) is 9.59. The summed E-state index contributed by atoms with van der Waals surface area (Å²) in [6.45, 7) is 4.87. The van der Waals surface area contributed by atoms with E-state index in [0.717, 1.165) is 0 Å². The first-order chi connectivity index (χ1) is 14.7. The Labute approximate surface area is 179 Å². The van der Waals surface area contributed by atoms with Crippen LogP contribution in [0.25, 0.3) is 0 Å². The number of hydrogen-bond acceptors (Lipinski definition) is 6. The van der Waals surface area contributed by atoms with Crippen molar-refractivity contribution in [3.05, 3.63) is 36.2 Å². The molecular formula is C21H25FN4O5. The van der Waals surface area contributed by atoms with Crippen LogP contribution in [-0.2, 0) is 19.1 Å². The summed E-state index contributed by atoms with van der Waals surface area (Å²) in [6, 6.07) is 4.53. The zero-order chi connectivity index (χ0) is 22.5. The number of halogens is 1. The van der Waals surface area contributed by atoms with Crippen molar-refractivity contribution in [1.29, 1.82) is 0 Å². The molecule has 2 heterocycles. The Bertz CT molecular complexity index is 911. The van der Waals surface area contributed by atoms with Crippen LogP contribution in [0.15, 0.2) is 30.4 Å². The molecule has 9 nitrogen and oxygen atoms in total. The molecule has 1 aromatic rings. The minimum absolute atomic E-state index is 0.197. The quantitative estimate of drug-likeness (QED) is 0.676. The first kappa shape index (κ1) is 22.3. The van der Waals surface area contributed by atoms with Crippen LogP contribution in [0.1, 0.15) is 13.8 Å². The van der Waals surface area contributed by atoms with Gasteiger partial charge in [-0.25, -0.2) is 9.18 Å². The van der Waals surface area contributed by atoms with Crippen LogP contribution in [0.2, 0.25) is 0 Å². The maximum Gasteiger partial charge on any atom is 0.414 e. The van der Waals surface area contributed by atoms with Gasteiger partial charge in [-0.1, -0.05) is 0 Å². The van der Waals surface area contributed by atoms with Gasteiger partial charge in [-0.2, -0.15) is 0 Å². The van der Waals surface area contributed by atoms with Crippen molar-refractivity contribution in [3.63, 3.8) is 0 Å². The average molecular weight is 432 g/mol. The largest absolute Gasteiger partial charge is 0.442 e. The van der Waals surface area contributed by atoms with Crippen LogP contribution < -0.4 is 15.1 Å². The lowest BCUT2D eigenvalue weighted by Crippen LogP contribution is -2.48. The Kier molecular flexibility index (Phi) is 6.88. The van der Waals surface area contributed by atoms with Gasteiger partial charge in [-0.3, -0.25) is 19.3 Å². The molecule has 0 spiro atoms. The van der Waals surface area contributed by atoms with Crippen molar-refractivity contribution < 1.29 is 28.3 Å². The van der Waals surface area contributed by atoms with Gasteiger partial charge in [-0.15, -0.1) is 0 Å². The van der Waals surface area contributed by atoms with Gasteiger partial charge in [0.05, 0.1) is 24.5 Å². The number of carbonyl (C=O) groups excluding carboxylic acids is 4. The molecule has 10 heteroatoms. The SMILES string of the molecule is CC(=O)/C=C/C(=O)N1CCN(c2ccc(N3C[C@H](CNC(C)=O)OC3=O)cc2F)CC1. The summed E-state index contributed by atoms with van der Waals surface area (Å²) >= 11 is 0. The van der Waals surface area contributed by atoms with E-state index < -0.39 is 18.0 Å². The zero-order valence-electron chi connectivity index (χ0n) is 17.5. The zero-order valence-corrected chi connectivity index (χ0v) is 17.5. The Hall–Kier alpha value is -3.43. The second-order valence-electron chi connectivity index (χ2n) is 7.45. The molecular weight excluding hydrogens is 407 g/mol. The van der Waals surface area contributed by atoms with Crippen LogP contribution >= 0.6 is 0 Å². The lowest BCUT2D eigenvalue weighted by Gasteiger charge is -2.36. The van der Waals surface area contributed by atoms with Crippen molar-refractivity contribution in [2.45, 2.75) is 20.0 Å². The number of ketones is 1. The summed E-state index contributed by atoms with van der Waals surface area (Å²) in [5, 5.41) is 2.60. The highest BCUT2D eigenvalue weighted by atomic mass is 19.1. The molecule has 2 saturated heterocycles. The van der Waals surface area contributed by atoms with E-state index in [0.29, 0.717) is 37.6 Å².